The quantitative estimate of drug-likeness (QED) is 0.716. The third-order valence-electron chi connectivity index (χ3n) is 2.33. The zero-order valence-corrected chi connectivity index (χ0v) is 11.1. The van der Waals surface area contributed by atoms with Crippen LogP contribution in [0.15, 0.2) is 0 Å². The van der Waals surface area contributed by atoms with Gasteiger partial charge in [-0.3, -0.25) is 9.59 Å². The second kappa shape index (κ2) is 6.63. The van der Waals surface area contributed by atoms with Crippen LogP contribution in [0, 0.1) is 5.92 Å². The summed E-state index contributed by atoms with van der Waals surface area (Å²) in [5.41, 5.74) is 0. The van der Waals surface area contributed by atoms with E-state index in [1.165, 1.54) is 0 Å². The summed E-state index contributed by atoms with van der Waals surface area (Å²) in [6, 6.07) is -0.441. The Morgan fingerprint density at radius 3 is 1.75 bits per heavy atom. The molecule has 0 bridgehead atoms. The largest absolute Gasteiger partial charge is 0.345 e. The van der Waals surface area contributed by atoms with Crippen molar-refractivity contribution < 1.29 is 9.59 Å². The van der Waals surface area contributed by atoms with Crippen LogP contribution >= 0.6 is 0 Å². The number of hydrogen-bond acceptors (Lipinski definition) is 3. The molecule has 0 aromatic rings. The summed E-state index contributed by atoms with van der Waals surface area (Å²) in [6.07, 6.45) is 0. The second-order valence-corrected chi connectivity index (χ2v) is 4.83. The molecule has 2 atom stereocenters. The maximum atomic E-state index is 11.7. The van der Waals surface area contributed by atoms with E-state index in [0.29, 0.717) is 0 Å². The van der Waals surface area contributed by atoms with Gasteiger partial charge in [0.2, 0.25) is 5.91 Å². The van der Waals surface area contributed by atoms with Crippen molar-refractivity contribution in [2.75, 3.05) is 0 Å². The van der Waals surface area contributed by atoms with Crippen molar-refractivity contribution >= 4 is 11.7 Å². The van der Waals surface area contributed by atoms with E-state index >= 15 is 0 Å². The highest BCUT2D eigenvalue weighted by atomic mass is 16.2. The van der Waals surface area contributed by atoms with Gasteiger partial charge in [0.15, 0.2) is 5.78 Å². The van der Waals surface area contributed by atoms with Gasteiger partial charge in [-0.15, -0.1) is 0 Å². The molecule has 0 aromatic heterocycles. The number of hydrogen-bond donors (Lipinski definition) is 2. The zero-order chi connectivity index (χ0) is 12.9. The zero-order valence-electron chi connectivity index (χ0n) is 11.1. The molecular formula is C12H24N2O2. The van der Waals surface area contributed by atoms with Crippen LogP contribution in [0.1, 0.15) is 41.5 Å². The van der Waals surface area contributed by atoms with Crippen LogP contribution in [-0.2, 0) is 9.59 Å². The lowest BCUT2D eigenvalue weighted by atomic mass is 10.0. The third-order valence-corrected chi connectivity index (χ3v) is 2.33. The first-order valence-corrected chi connectivity index (χ1v) is 5.85. The van der Waals surface area contributed by atoms with Gasteiger partial charge >= 0.3 is 0 Å². The number of nitrogens with one attached hydrogen (secondary N) is 2. The van der Waals surface area contributed by atoms with E-state index in [2.05, 4.69) is 10.6 Å². The van der Waals surface area contributed by atoms with Crippen LogP contribution in [0.4, 0.5) is 0 Å². The molecule has 4 nitrogen and oxygen atoms in total. The van der Waals surface area contributed by atoms with Gasteiger partial charge < -0.3 is 10.6 Å². The van der Waals surface area contributed by atoms with Crippen molar-refractivity contribution in [1.29, 1.82) is 0 Å². The number of amides is 1. The predicted octanol–water partition coefficient (Wildman–Crippen LogP) is 1.10. The second-order valence-electron chi connectivity index (χ2n) is 4.83. The Balaban J connectivity index is 4.18. The summed E-state index contributed by atoms with van der Waals surface area (Å²) in [5.74, 6) is -0.121. The molecule has 16 heavy (non-hydrogen) atoms. The summed E-state index contributed by atoms with van der Waals surface area (Å²) >= 11 is 0. The van der Waals surface area contributed by atoms with Gasteiger partial charge in [-0.25, -0.2) is 0 Å². The monoisotopic (exact) mass is 228 g/mol. The van der Waals surface area contributed by atoms with Gasteiger partial charge in [0.25, 0.3) is 0 Å². The lowest BCUT2D eigenvalue weighted by Crippen LogP contribution is -2.50. The van der Waals surface area contributed by atoms with Crippen molar-refractivity contribution in [3.8, 4) is 0 Å². The SMILES string of the molecule is CC(C)N[C@@H](C)C(=O)NC(C)C(=O)C(C)C. The third kappa shape index (κ3) is 5.26. The fourth-order valence-electron chi connectivity index (χ4n) is 1.49. The summed E-state index contributed by atoms with van der Waals surface area (Å²) in [5, 5.41) is 5.81. The van der Waals surface area contributed by atoms with Crippen molar-refractivity contribution in [2.45, 2.75) is 59.7 Å². The van der Waals surface area contributed by atoms with Crippen molar-refractivity contribution in [3.05, 3.63) is 0 Å². The molecule has 0 heterocycles. The number of rotatable bonds is 6. The Kier molecular flexibility index (Phi) is 6.26. The molecule has 0 aromatic carbocycles. The number of Topliss-reactive ketones (excluding diaryl/α,β-unsaturated/α-hetero) is 1. The van der Waals surface area contributed by atoms with E-state index in [-0.39, 0.29) is 29.7 Å². The molecule has 0 saturated carbocycles. The predicted molar refractivity (Wildman–Crippen MR) is 65.2 cm³/mol. The highest BCUT2D eigenvalue weighted by Crippen LogP contribution is 1.99. The molecule has 0 aliphatic heterocycles. The Hall–Kier alpha value is -0.900. The average Bonchev–Trinajstić information content (AvgIpc) is 2.14. The van der Waals surface area contributed by atoms with Crippen LogP contribution in [0.3, 0.4) is 0 Å². The lowest BCUT2D eigenvalue weighted by Gasteiger charge is -2.20. The summed E-state index contributed by atoms with van der Waals surface area (Å²) in [6.45, 7) is 11.1. The first-order valence-electron chi connectivity index (χ1n) is 5.85. The average molecular weight is 228 g/mol. The van der Waals surface area contributed by atoms with Crippen molar-refractivity contribution in [1.82, 2.24) is 10.6 Å². The van der Waals surface area contributed by atoms with Crippen LogP contribution < -0.4 is 10.6 Å². The summed E-state index contributed by atoms with van der Waals surface area (Å²) < 4.78 is 0. The first kappa shape index (κ1) is 15.1. The Morgan fingerprint density at radius 1 is 0.875 bits per heavy atom. The highest BCUT2D eigenvalue weighted by molar-refractivity contribution is 5.91. The van der Waals surface area contributed by atoms with E-state index in [9.17, 15) is 9.59 Å². The molecule has 0 rings (SSSR count). The molecule has 4 heteroatoms. The van der Waals surface area contributed by atoms with Gasteiger partial charge in [0.1, 0.15) is 0 Å². The molecule has 2 N–H and O–H groups in total. The molecular weight excluding hydrogens is 204 g/mol. The van der Waals surface area contributed by atoms with Gasteiger partial charge in [0, 0.05) is 12.0 Å². The highest BCUT2D eigenvalue weighted by Gasteiger charge is 2.21. The van der Waals surface area contributed by atoms with E-state index in [0.717, 1.165) is 0 Å². The molecule has 0 aliphatic carbocycles. The Labute approximate surface area is 98.2 Å². The van der Waals surface area contributed by atoms with Crippen LogP contribution in [0.25, 0.3) is 0 Å². The van der Waals surface area contributed by atoms with Gasteiger partial charge in [0.05, 0.1) is 12.1 Å². The van der Waals surface area contributed by atoms with E-state index in [1.807, 2.05) is 27.7 Å². The minimum atomic E-state index is -0.413. The topological polar surface area (TPSA) is 58.2 Å². The fourth-order valence-corrected chi connectivity index (χ4v) is 1.49. The molecule has 0 saturated heterocycles. The summed E-state index contributed by atoms with van der Waals surface area (Å²) in [4.78, 5) is 23.3. The standard InChI is InChI=1S/C12H24N2O2/c1-7(2)11(15)9(5)14-12(16)10(6)13-8(3)4/h7-10,13H,1-6H3,(H,14,16)/t9?,10-/m0/s1. The normalized spacial score (nSPS) is 15.0. The summed E-state index contributed by atoms with van der Waals surface area (Å²) in [7, 11) is 0. The van der Waals surface area contributed by atoms with E-state index in [4.69, 9.17) is 0 Å². The molecule has 1 amide bonds. The van der Waals surface area contributed by atoms with Crippen LogP contribution in [-0.4, -0.2) is 29.8 Å². The first-order chi connectivity index (χ1) is 7.25. The van der Waals surface area contributed by atoms with Crippen molar-refractivity contribution in [2.24, 2.45) is 5.92 Å². The molecule has 94 valence electrons. The smallest absolute Gasteiger partial charge is 0.237 e. The van der Waals surface area contributed by atoms with Crippen LogP contribution in [0.2, 0.25) is 0 Å². The van der Waals surface area contributed by atoms with Crippen molar-refractivity contribution in [3.63, 3.8) is 0 Å². The van der Waals surface area contributed by atoms with E-state index in [1.54, 1.807) is 13.8 Å². The Morgan fingerprint density at radius 2 is 1.38 bits per heavy atom. The van der Waals surface area contributed by atoms with Gasteiger partial charge in [-0.05, 0) is 13.8 Å². The number of carbonyl (C=O) groups is 2. The number of carbonyl (C=O) groups excluding carboxylic acids is 2. The Bertz CT molecular complexity index is 249. The fraction of sp³-hybridized carbons (Fsp3) is 0.833. The lowest BCUT2D eigenvalue weighted by molar-refractivity contribution is -0.129. The van der Waals surface area contributed by atoms with Gasteiger partial charge in [-0.1, -0.05) is 27.7 Å². The minimum absolute atomic E-state index is 0.0522. The molecule has 1 unspecified atom stereocenters. The molecule has 0 spiro atoms. The molecule has 0 aliphatic rings. The van der Waals surface area contributed by atoms with E-state index < -0.39 is 6.04 Å². The maximum Gasteiger partial charge on any atom is 0.237 e. The van der Waals surface area contributed by atoms with Gasteiger partial charge in [-0.2, -0.15) is 0 Å². The molecule has 0 fully saturated rings. The minimum Gasteiger partial charge on any atom is -0.345 e. The van der Waals surface area contributed by atoms with Crippen LogP contribution in [0.5, 0.6) is 0 Å². The molecule has 0 radical (unpaired) electrons. The number of ketones is 1. The maximum absolute atomic E-state index is 11.7.